The van der Waals surface area contributed by atoms with E-state index in [1.54, 1.807) is 24.7 Å². The topological polar surface area (TPSA) is 72.2 Å². The Bertz CT molecular complexity index is 821. The minimum Gasteiger partial charge on any atom is -0.389 e. The molecule has 10 heteroatoms. The van der Waals surface area contributed by atoms with Gasteiger partial charge in [-0.15, -0.1) is 16.4 Å². The van der Waals surface area contributed by atoms with E-state index >= 15 is 0 Å². The second-order valence-electron chi connectivity index (χ2n) is 8.25. The molecule has 0 spiro atoms. The lowest BCUT2D eigenvalue weighted by atomic mass is 10.0. The van der Waals surface area contributed by atoms with Crippen LogP contribution in [-0.2, 0) is 23.6 Å². The largest absolute Gasteiger partial charge is 0.389 e. The van der Waals surface area contributed by atoms with E-state index in [1.807, 2.05) is 6.92 Å². The summed E-state index contributed by atoms with van der Waals surface area (Å²) in [5.41, 5.74) is -0.230. The molecule has 2 aromatic heterocycles. The van der Waals surface area contributed by atoms with Crippen LogP contribution in [0.1, 0.15) is 55.8 Å². The van der Waals surface area contributed by atoms with Gasteiger partial charge in [-0.05, 0) is 46.1 Å². The first-order valence-corrected chi connectivity index (χ1v) is 10.9. The first kappa shape index (κ1) is 22.6. The molecule has 0 bridgehead atoms. The summed E-state index contributed by atoms with van der Waals surface area (Å²) in [5.74, 6) is -3.07. The number of hydrogen-bond acceptors (Lipinski definition) is 6. The van der Waals surface area contributed by atoms with E-state index in [4.69, 9.17) is 16.3 Å². The number of thiophene rings is 1. The number of rotatable bonds is 3. The fraction of sp³-hybridized carbons (Fsp3) is 0.684. The molecule has 6 nitrogen and oxygen atoms in total. The third kappa shape index (κ3) is 6.18. The Morgan fingerprint density at radius 1 is 1.45 bits per heavy atom. The average Bonchev–Trinajstić information content (AvgIpc) is 3.20. The molecule has 0 aromatic carbocycles. The molecule has 0 aliphatic carbocycles. The van der Waals surface area contributed by atoms with E-state index in [2.05, 4.69) is 15.6 Å². The van der Waals surface area contributed by atoms with Gasteiger partial charge in [-0.3, -0.25) is 0 Å². The molecule has 1 aliphatic rings. The number of aromatic nitrogens is 3. The average molecular weight is 449 g/mol. The van der Waals surface area contributed by atoms with Crippen molar-refractivity contribution < 1.29 is 18.6 Å². The van der Waals surface area contributed by atoms with E-state index in [1.165, 1.54) is 17.4 Å². The number of nitrogens with one attached hydrogen (secondary N) is 1. The molecule has 0 radical (unpaired) electrons. The second-order valence-corrected chi connectivity index (χ2v) is 10.0. The van der Waals surface area contributed by atoms with Crippen LogP contribution in [0, 0.1) is 0 Å². The van der Waals surface area contributed by atoms with Gasteiger partial charge in [0.05, 0.1) is 34.4 Å². The Balaban J connectivity index is 1.76. The van der Waals surface area contributed by atoms with Gasteiger partial charge in [0.25, 0.3) is 5.92 Å². The molecular weight excluding hydrogens is 422 g/mol. The van der Waals surface area contributed by atoms with Gasteiger partial charge in [-0.25, -0.2) is 4.68 Å². The number of aryl methyl sites for hydroxylation is 1. The van der Waals surface area contributed by atoms with Crippen molar-refractivity contribution in [3.63, 3.8) is 0 Å². The summed E-state index contributed by atoms with van der Waals surface area (Å²) < 4.78 is 36.6. The van der Waals surface area contributed by atoms with Gasteiger partial charge in [0.2, 0.25) is 0 Å². The lowest BCUT2D eigenvalue weighted by Gasteiger charge is -2.24. The maximum absolute atomic E-state index is 14.6. The summed E-state index contributed by atoms with van der Waals surface area (Å²) in [7, 11) is 0. The highest BCUT2D eigenvalue weighted by atomic mass is 35.5. The Morgan fingerprint density at radius 3 is 2.93 bits per heavy atom. The normalized spacial score (nSPS) is 23.8. The van der Waals surface area contributed by atoms with E-state index in [-0.39, 0.29) is 24.3 Å². The molecule has 3 rings (SSSR count). The first-order chi connectivity index (χ1) is 13.5. The highest BCUT2D eigenvalue weighted by Gasteiger charge is 2.36. The summed E-state index contributed by atoms with van der Waals surface area (Å²) in [6.45, 7) is 5.21. The SMILES string of the molecule is C[C@H]1CCc2sc(Cl)cc2C(F)(F)COCC[C@@H](c2cn(CC(C)(C)O)nn2)N1. The minimum atomic E-state index is -3.07. The summed E-state index contributed by atoms with van der Waals surface area (Å²) in [4.78, 5) is 0.602. The molecule has 0 unspecified atom stereocenters. The van der Waals surface area contributed by atoms with Crippen LogP contribution in [-0.4, -0.2) is 45.0 Å². The fourth-order valence-corrected chi connectivity index (χ4v) is 4.75. The number of nitrogens with zero attached hydrogens (tertiary/aromatic N) is 3. The summed E-state index contributed by atoms with van der Waals surface area (Å²) >= 11 is 7.22. The highest BCUT2D eigenvalue weighted by molar-refractivity contribution is 7.16. The zero-order chi connectivity index (χ0) is 21.2. The predicted octanol–water partition coefficient (Wildman–Crippen LogP) is 3.93. The van der Waals surface area contributed by atoms with Crippen LogP contribution in [0.25, 0.3) is 0 Å². The van der Waals surface area contributed by atoms with Crippen molar-refractivity contribution in [2.24, 2.45) is 0 Å². The minimum absolute atomic E-state index is 0.0219. The molecule has 29 heavy (non-hydrogen) atoms. The molecular formula is C19H27ClF2N4O2S. The van der Waals surface area contributed by atoms with Crippen molar-refractivity contribution >= 4 is 22.9 Å². The molecule has 3 heterocycles. The Labute approximate surface area is 178 Å². The van der Waals surface area contributed by atoms with Gasteiger partial charge in [0.15, 0.2) is 0 Å². The van der Waals surface area contributed by atoms with Crippen molar-refractivity contribution in [2.45, 2.75) is 70.2 Å². The van der Waals surface area contributed by atoms with Gasteiger partial charge in [0, 0.05) is 23.1 Å². The van der Waals surface area contributed by atoms with Crippen molar-refractivity contribution in [1.82, 2.24) is 20.3 Å². The number of hydrogen-bond donors (Lipinski definition) is 2. The maximum Gasteiger partial charge on any atom is 0.297 e. The fourth-order valence-electron chi connectivity index (χ4n) is 3.41. The maximum atomic E-state index is 14.6. The first-order valence-electron chi connectivity index (χ1n) is 9.66. The number of fused-ring (bicyclic) bond motifs is 1. The van der Waals surface area contributed by atoms with Gasteiger partial charge >= 0.3 is 0 Å². The van der Waals surface area contributed by atoms with E-state index in [0.29, 0.717) is 40.7 Å². The Hall–Kier alpha value is -1.13. The van der Waals surface area contributed by atoms with Crippen molar-refractivity contribution in [3.8, 4) is 0 Å². The van der Waals surface area contributed by atoms with Crippen LogP contribution in [0.4, 0.5) is 8.78 Å². The summed E-state index contributed by atoms with van der Waals surface area (Å²) in [6.07, 6.45) is 3.46. The van der Waals surface area contributed by atoms with Gasteiger partial charge in [-0.1, -0.05) is 16.8 Å². The standard InChI is InChI=1S/C19H27ClF2N4O2S/c1-12-4-5-16-13(8-17(20)29-16)19(21,22)11-28-7-6-14(23-12)15-9-26(25-24-15)10-18(2,3)27/h8-9,12,14,23,27H,4-7,10-11H2,1-3H3/t12-,14-/m0/s1. The second kappa shape index (κ2) is 8.93. The van der Waals surface area contributed by atoms with E-state index < -0.39 is 18.1 Å². The van der Waals surface area contributed by atoms with E-state index in [9.17, 15) is 13.9 Å². The summed E-state index contributed by atoms with van der Waals surface area (Å²) in [5, 5.41) is 21.8. The molecule has 2 N–H and O–H groups in total. The van der Waals surface area contributed by atoms with E-state index in [0.717, 1.165) is 0 Å². The molecule has 0 saturated heterocycles. The lowest BCUT2D eigenvalue weighted by molar-refractivity contribution is -0.0844. The predicted molar refractivity (Wildman–Crippen MR) is 109 cm³/mol. The molecule has 162 valence electrons. The van der Waals surface area contributed by atoms with Gasteiger partial charge in [0.1, 0.15) is 6.61 Å². The smallest absolute Gasteiger partial charge is 0.297 e. The molecule has 1 aliphatic heterocycles. The van der Waals surface area contributed by atoms with Crippen molar-refractivity contribution in [1.29, 1.82) is 0 Å². The molecule has 0 amide bonds. The number of alkyl halides is 2. The zero-order valence-electron chi connectivity index (χ0n) is 16.8. The summed E-state index contributed by atoms with van der Waals surface area (Å²) in [6, 6.07) is 1.25. The molecule has 2 atom stereocenters. The molecule has 0 saturated carbocycles. The molecule has 2 aromatic rings. The number of halogens is 3. The van der Waals surface area contributed by atoms with Crippen LogP contribution < -0.4 is 5.32 Å². The van der Waals surface area contributed by atoms with Gasteiger partial charge in [-0.2, -0.15) is 8.78 Å². The highest BCUT2D eigenvalue weighted by Crippen LogP contribution is 2.39. The van der Waals surface area contributed by atoms with Crippen LogP contribution >= 0.6 is 22.9 Å². The van der Waals surface area contributed by atoms with Crippen LogP contribution in [0.5, 0.6) is 0 Å². The quantitative estimate of drug-likeness (QED) is 0.744. The number of ether oxygens (including phenoxy) is 1. The zero-order valence-corrected chi connectivity index (χ0v) is 18.4. The lowest BCUT2D eigenvalue weighted by Crippen LogP contribution is -2.33. The van der Waals surface area contributed by atoms with Crippen molar-refractivity contribution in [2.75, 3.05) is 13.2 Å². The van der Waals surface area contributed by atoms with Crippen LogP contribution in [0.2, 0.25) is 4.34 Å². The Morgan fingerprint density at radius 2 is 2.21 bits per heavy atom. The number of aliphatic hydroxyl groups is 1. The monoisotopic (exact) mass is 448 g/mol. The van der Waals surface area contributed by atoms with Gasteiger partial charge < -0.3 is 15.2 Å². The Kier molecular flexibility index (Phi) is 6.95. The molecule has 0 fully saturated rings. The third-order valence-electron chi connectivity index (χ3n) is 4.76. The van der Waals surface area contributed by atoms with Crippen molar-refractivity contribution in [3.05, 3.63) is 32.7 Å². The third-order valence-corrected chi connectivity index (χ3v) is 6.08. The van der Waals surface area contributed by atoms with Crippen LogP contribution in [0.15, 0.2) is 12.3 Å². The van der Waals surface area contributed by atoms with Crippen LogP contribution in [0.3, 0.4) is 0 Å².